The number of hydrogen-bond donors (Lipinski definition) is 1. The highest BCUT2D eigenvalue weighted by Crippen LogP contribution is 2.41. The monoisotopic (exact) mass is 259 g/mol. The van der Waals surface area contributed by atoms with Gasteiger partial charge in [-0.2, -0.15) is 0 Å². The van der Waals surface area contributed by atoms with Gasteiger partial charge in [-0.25, -0.2) is 0 Å². The number of fused-ring (bicyclic) bond motifs is 1. The van der Waals surface area contributed by atoms with Gasteiger partial charge in [0.15, 0.2) is 5.75 Å². The fraction of sp³-hybridized carbons (Fsp3) is 0.200. The molecule has 0 spiro atoms. The minimum atomic E-state index is -0.0152. The zero-order valence-electron chi connectivity index (χ0n) is 10.1. The number of ether oxygens (including phenoxy) is 1. The summed E-state index contributed by atoms with van der Waals surface area (Å²) in [6, 6.07) is 16.2. The van der Waals surface area contributed by atoms with E-state index in [0.717, 1.165) is 17.0 Å². The van der Waals surface area contributed by atoms with Crippen molar-refractivity contribution in [2.24, 2.45) is 0 Å². The molecule has 3 heteroatoms. The molecular formula is C15H14ClNO. The van der Waals surface area contributed by atoms with Crippen molar-refractivity contribution in [1.82, 2.24) is 0 Å². The molecule has 92 valence electrons. The van der Waals surface area contributed by atoms with E-state index in [2.05, 4.69) is 24.4 Å². The Hall–Kier alpha value is -1.67. The molecule has 0 amide bonds. The first-order valence-corrected chi connectivity index (χ1v) is 6.40. The van der Waals surface area contributed by atoms with Gasteiger partial charge in [-0.1, -0.05) is 48.0 Å². The molecule has 3 rings (SSSR count). The SMILES string of the molecule is CC1Nc2cccc(Cl)c2OC1c1ccccc1. The topological polar surface area (TPSA) is 21.3 Å². The average molecular weight is 260 g/mol. The number of benzene rings is 2. The smallest absolute Gasteiger partial charge is 0.162 e. The van der Waals surface area contributed by atoms with Crippen LogP contribution in [0, 0.1) is 0 Å². The maximum atomic E-state index is 6.18. The molecule has 2 nitrogen and oxygen atoms in total. The third-order valence-corrected chi connectivity index (χ3v) is 3.47. The van der Waals surface area contributed by atoms with Crippen LogP contribution in [0.5, 0.6) is 5.75 Å². The van der Waals surface area contributed by atoms with E-state index in [9.17, 15) is 0 Å². The summed E-state index contributed by atoms with van der Waals surface area (Å²) in [5, 5.41) is 4.09. The van der Waals surface area contributed by atoms with Crippen molar-refractivity contribution in [3.63, 3.8) is 0 Å². The molecule has 2 unspecified atom stereocenters. The average Bonchev–Trinajstić information content (AvgIpc) is 2.39. The van der Waals surface area contributed by atoms with Crippen molar-refractivity contribution < 1.29 is 4.74 Å². The zero-order chi connectivity index (χ0) is 12.5. The number of para-hydroxylation sites is 1. The first kappa shape index (κ1) is 11.4. The Morgan fingerprint density at radius 1 is 1.06 bits per heavy atom. The van der Waals surface area contributed by atoms with Gasteiger partial charge in [-0.05, 0) is 24.6 Å². The molecule has 0 radical (unpaired) electrons. The number of nitrogens with one attached hydrogen (secondary N) is 1. The van der Waals surface area contributed by atoms with Gasteiger partial charge in [0.05, 0.1) is 16.8 Å². The number of anilines is 1. The normalized spacial score (nSPS) is 21.7. The molecule has 1 heterocycles. The molecule has 2 aromatic carbocycles. The Bertz CT molecular complexity index is 556. The molecule has 18 heavy (non-hydrogen) atoms. The highest BCUT2D eigenvalue weighted by atomic mass is 35.5. The fourth-order valence-electron chi connectivity index (χ4n) is 2.29. The summed E-state index contributed by atoms with van der Waals surface area (Å²) in [6.45, 7) is 2.11. The summed E-state index contributed by atoms with van der Waals surface area (Å²) < 4.78 is 6.07. The number of halogens is 1. The van der Waals surface area contributed by atoms with Crippen molar-refractivity contribution in [3.8, 4) is 5.75 Å². The van der Waals surface area contributed by atoms with E-state index in [-0.39, 0.29) is 12.1 Å². The number of rotatable bonds is 1. The van der Waals surface area contributed by atoms with Gasteiger partial charge in [0.2, 0.25) is 0 Å². The van der Waals surface area contributed by atoms with Crippen molar-refractivity contribution in [3.05, 3.63) is 59.1 Å². The quantitative estimate of drug-likeness (QED) is 0.826. The predicted molar refractivity (Wildman–Crippen MR) is 74.3 cm³/mol. The van der Waals surface area contributed by atoms with Crippen LogP contribution in [-0.4, -0.2) is 6.04 Å². The molecule has 1 N–H and O–H groups in total. The Labute approximate surface area is 112 Å². The molecular weight excluding hydrogens is 246 g/mol. The van der Waals surface area contributed by atoms with Crippen LogP contribution in [0.4, 0.5) is 5.69 Å². The van der Waals surface area contributed by atoms with Crippen LogP contribution in [0.15, 0.2) is 48.5 Å². The Morgan fingerprint density at radius 2 is 1.83 bits per heavy atom. The molecule has 2 aromatic rings. The van der Waals surface area contributed by atoms with Gasteiger partial charge in [0, 0.05) is 0 Å². The van der Waals surface area contributed by atoms with Gasteiger partial charge in [0.25, 0.3) is 0 Å². The van der Waals surface area contributed by atoms with Gasteiger partial charge < -0.3 is 10.1 Å². The number of hydrogen-bond acceptors (Lipinski definition) is 2. The summed E-state index contributed by atoms with van der Waals surface area (Å²) in [7, 11) is 0. The first-order chi connectivity index (χ1) is 8.75. The van der Waals surface area contributed by atoms with E-state index in [4.69, 9.17) is 16.3 Å². The fourth-order valence-corrected chi connectivity index (χ4v) is 2.51. The van der Waals surface area contributed by atoms with Gasteiger partial charge in [-0.15, -0.1) is 0 Å². The summed E-state index contributed by atoms with van der Waals surface area (Å²) in [6.07, 6.45) is -0.0152. The highest BCUT2D eigenvalue weighted by molar-refractivity contribution is 6.32. The lowest BCUT2D eigenvalue weighted by atomic mass is 10.0. The molecule has 0 saturated heterocycles. The summed E-state index contributed by atoms with van der Waals surface area (Å²) in [4.78, 5) is 0. The lowest BCUT2D eigenvalue weighted by molar-refractivity contribution is 0.178. The van der Waals surface area contributed by atoms with E-state index < -0.39 is 0 Å². The zero-order valence-corrected chi connectivity index (χ0v) is 10.8. The van der Waals surface area contributed by atoms with E-state index in [0.29, 0.717) is 5.02 Å². The molecule has 1 aliphatic rings. The Kier molecular flexibility index (Phi) is 2.88. The van der Waals surface area contributed by atoms with Crippen LogP contribution in [0.1, 0.15) is 18.6 Å². The van der Waals surface area contributed by atoms with Crippen LogP contribution in [0.25, 0.3) is 0 Å². The third kappa shape index (κ3) is 1.93. The van der Waals surface area contributed by atoms with Crippen LogP contribution in [0.3, 0.4) is 0 Å². The first-order valence-electron chi connectivity index (χ1n) is 6.02. The summed E-state index contributed by atoms with van der Waals surface area (Å²) in [5.74, 6) is 0.742. The van der Waals surface area contributed by atoms with Gasteiger partial charge in [0.1, 0.15) is 6.10 Å². The van der Waals surface area contributed by atoms with Gasteiger partial charge >= 0.3 is 0 Å². The lowest BCUT2D eigenvalue weighted by Gasteiger charge is -2.33. The van der Waals surface area contributed by atoms with E-state index in [1.165, 1.54) is 0 Å². The molecule has 0 aromatic heterocycles. The second-order valence-corrected chi connectivity index (χ2v) is 4.91. The second kappa shape index (κ2) is 4.54. The Balaban J connectivity index is 1.99. The third-order valence-electron chi connectivity index (χ3n) is 3.18. The van der Waals surface area contributed by atoms with E-state index in [1.54, 1.807) is 0 Å². The predicted octanol–water partition coefficient (Wildman–Crippen LogP) is 4.27. The Morgan fingerprint density at radius 3 is 2.61 bits per heavy atom. The minimum Gasteiger partial charge on any atom is -0.480 e. The molecule has 1 aliphatic heterocycles. The highest BCUT2D eigenvalue weighted by Gasteiger charge is 2.28. The lowest BCUT2D eigenvalue weighted by Crippen LogP contribution is -2.32. The van der Waals surface area contributed by atoms with Crippen molar-refractivity contribution in [2.45, 2.75) is 19.1 Å². The van der Waals surface area contributed by atoms with Crippen LogP contribution >= 0.6 is 11.6 Å². The van der Waals surface area contributed by atoms with Crippen LogP contribution < -0.4 is 10.1 Å². The van der Waals surface area contributed by atoms with Crippen molar-refractivity contribution >= 4 is 17.3 Å². The van der Waals surface area contributed by atoms with E-state index >= 15 is 0 Å². The standard InChI is InChI=1S/C15H14ClNO/c1-10-14(11-6-3-2-4-7-11)18-15-12(16)8-5-9-13(15)17-10/h2-10,14,17H,1H3. The molecule has 0 saturated carbocycles. The molecule has 0 bridgehead atoms. The largest absolute Gasteiger partial charge is 0.480 e. The summed E-state index contributed by atoms with van der Waals surface area (Å²) >= 11 is 6.18. The maximum Gasteiger partial charge on any atom is 0.162 e. The second-order valence-electron chi connectivity index (χ2n) is 4.50. The van der Waals surface area contributed by atoms with Gasteiger partial charge in [-0.3, -0.25) is 0 Å². The molecule has 2 atom stereocenters. The van der Waals surface area contributed by atoms with Crippen LogP contribution in [-0.2, 0) is 0 Å². The molecule has 0 fully saturated rings. The van der Waals surface area contributed by atoms with Crippen LogP contribution in [0.2, 0.25) is 5.02 Å². The maximum absolute atomic E-state index is 6.18. The van der Waals surface area contributed by atoms with Crippen molar-refractivity contribution in [1.29, 1.82) is 0 Å². The van der Waals surface area contributed by atoms with E-state index in [1.807, 2.05) is 36.4 Å². The molecule has 0 aliphatic carbocycles. The summed E-state index contributed by atoms with van der Waals surface area (Å²) in [5.41, 5.74) is 2.12. The minimum absolute atomic E-state index is 0.0152. The van der Waals surface area contributed by atoms with Crippen molar-refractivity contribution in [2.75, 3.05) is 5.32 Å².